The van der Waals surface area contributed by atoms with E-state index in [1.165, 1.54) is 59.1 Å². The van der Waals surface area contributed by atoms with Crippen LogP contribution in [0.1, 0.15) is 11.1 Å². The normalized spacial score (nSPS) is 12.3. The number of aromatic nitrogens is 2. The molecular formula is C22H20N6O5S2. The molecule has 2 heterocycles. The van der Waals surface area contributed by atoms with Crippen molar-refractivity contribution in [2.24, 2.45) is 15.3 Å². The van der Waals surface area contributed by atoms with Gasteiger partial charge in [-0.15, -0.1) is 0 Å². The number of aliphatic imine (C=N–C) groups is 1. The summed E-state index contributed by atoms with van der Waals surface area (Å²) in [5.74, 6) is 0.192. The minimum absolute atomic E-state index is 0.0600. The van der Waals surface area contributed by atoms with E-state index >= 15 is 0 Å². The standard InChI is InChI=1S/C22H20N6O5S2/c1-14-3-2-12-28-21(14)27-20(26-16-6-10-18(11-7-16)35(24,32)33)19(22(28)29)13-25-15-4-8-17(9-5-15)34(23,30)31/h2-13,26H,1H3,(H2,23,30,31)(H2,24,32,33). The van der Waals surface area contributed by atoms with Crippen molar-refractivity contribution in [2.75, 3.05) is 5.32 Å². The molecule has 0 atom stereocenters. The van der Waals surface area contributed by atoms with Crippen LogP contribution in [0.4, 0.5) is 17.2 Å². The topological polar surface area (TPSA) is 179 Å². The highest BCUT2D eigenvalue weighted by Gasteiger charge is 2.14. The van der Waals surface area contributed by atoms with Gasteiger partial charge in [0.25, 0.3) is 5.56 Å². The quantitative estimate of drug-likeness (QED) is 0.329. The summed E-state index contributed by atoms with van der Waals surface area (Å²) in [6, 6.07) is 14.7. The number of fused-ring (bicyclic) bond motifs is 1. The van der Waals surface area contributed by atoms with Gasteiger partial charge in [0.2, 0.25) is 20.0 Å². The third-order valence-corrected chi connectivity index (χ3v) is 6.90. The molecule has 0 radical (unpaired) electrons. The highest BCUT2D eigenvalue weighted by Crippen LogP contribution is 2.21. The Morgan fingerprint density at radius 1 is 0.914 bits per heavy atom. The summed E-state index contributed by atoms with van der Waals surface area (Å²) in [5, 5.41) is 13.3. The van der Waals surface area contributed by atoms with Gasteiger partial charge in [-0.25, -0.2) is 32.1 Å². The Morgan fingerprint density at radius 3 is 2.06 bits per heavy atom. The number of primary sulfonamides is 2. The molecule has 4 aromatic rings. The van der Waals surface area contributed by atoms with Crippen molar-refractivity contribution in [3.05, 3.63) is 88.3 Å². The molecule has 0 spiro atoms. The van der Waals surface area contributed by atoms with Crippen molar-refractivity contribution in [3.63, 3.8) is 0 Å². The summed E-state index contributed by atoms with van der Waals surface area (Å²) < 4.78 is 47.3. The largest absolute Gasteiger partial charge is 0.339 e. The second-order valence-corrected chi connectivity index (χ2v) is 10.7. The lowest BCUT2D eigenvalue weighted by Gasteiger charge is -2.12. The molecule has 0 aliphatic rings. The van der Waals surface area contributed by atoms with Crippen molar-refractivity contribution in [1.29, 1.82) is 0 Å². The fourth-order valence-corrected chi connectivity index (χ4v) is 4.28. The molecule has 0 amide bonds. The first kappa shape index (κ1) is 24.2. The van der Waals surface area contributed by atoms with Crippen molar-refractivity contribution in [1.82, 2.24) is 9.38 Å². The number of benzene rings is 2. The first-order valence-electron chi connectivity index (χ1n) is 10.0. The van der Waals surface area contributed by atoms with Crippen molar-refractivity contribution in [3.8, 4) is 0 Å². The summed E-state index contributed by atoms with van der Waals surface area (Å²) in [5.41, 5.74) is 1.77. The number of aryl methyl sites for hydroxylation is 1. The maximum atomic E-state index is 13.3. The van der Waals surface area contributed by atoms with Crippen LogP contribution in [-0.2, 0) is 20.0 Å². The predicted molar refractivity (Wildman–Crippen MR) is 132 cm³/mol. The van der Waals surface area contributed by atoms with Gasteiger partial charge in [0.05, 0.1) is 15.5 Å². The minimum Gasteiger partial charge on any atom is -0.339 e. The maximum absolute atomic E-state index is 13.3. The average molecular weight is 513 g/mol. The molecule has 35 heavy (non-hydrogen) atoms. The second kappa shape index (κ2) is 9.03. The van der Waals surface area contributed by atoms with Gasteiger partial charge in [-0.3, -0.25) is 14.2 Å². The van der Waals surface area contributed by atoms with Gasteiger partial charge in [0.1, 0.15) is 17.0 Å². The molecule has 2 aromatic heterocycles. The molecule has 0 fully saturated rings. The van der Waals surface area contributed by atoms with E-state index in [4.69, 9.17) is 10.3 Å². The van der Waals surface area contributed by atoms with Crippen LogP contribution in [0.2, 0.25) is 0 Å². The number of nitrogens with one attached hydrogen (secondary N) is 1. The second-order valence-electron chi connectivity index (χ2n) is 7.56. The highest BCUT2D eigenvalue weighted by molar-refractivity contribution is 7.89. The molecule has 0 aliphatic heterocycles. The summed E-state index contributed by atoms with van der Waals surface area (Å²) in [7, 11) is -7.70. The van der Waals surface area contributed by atoms with E-state index in [0.717, 1.165) is 5.56 Å². The number of hydrogen-bond acceptors (Lipinski definition) is 8. The summed E-state index contributed by atoms with van der Waals surface area (Å²) >= 11 is 0. The van der Waals surface area contributed by atoms with Crippen LogP contribution in [0.15, 0.2) is 86.4 Å². The van der Waals surface area contributed by atoms with E-state index in [9.17, 15) is 21.6 Å². The Hall–Kier alpha value is -3.91. The van der Waals surface area contributed by atoms with E-state index in [1.54, 1.807) is 12.3 Å². The summed E-state index contributed by atoms with van der Waals surface area (Å²) in [4.78, 5) is 22.0. The number of nitrogens with two attached hydrogens (primary N) is 2. The third-order valence-electron chi connectivity index (χ3n) is 5.04. The Balaban J connectivity index is 1.79. The first-order valence-corrected chi connectivity index (χ1v) is 13.1. The molecule has 180 valence electrons. The Kier molecular flexibility index (Phi) is 6.25. The Labute approximate surface area is 200 Å². The molecule has 13 heteroatoms. The zero-order valence-corrected chi connectivity index (χ0v) is 19.9. The lowest BCUT2D eigenvalue weighted by Crippen LogP contribution is -2.22. The number of nitrogens with zero attached hydrogens (tertiary/aromatic N) is 3. The summed E-state index contributed by atoms with van der Waals surface area (Å²) in [6.45, 7) is 1.81. The smallest absolute Gasteiger partial charge is 0.268 e. The molecule has 0 unspecified atom stereocenters. The fraction of sp³-hybridized carbons (Fsp3) is 0.0455. The van der Waals surface area contributed by atoms with Crippen LogP contribution in [0, 0.1) is 6.92 Å². The van der Waals surface area contributed by atoms with Crippen LogP contribution in [0.3, 0.4) is 0 Å². The van der Waals surface area contributed by atoms with Gasteiger partial charge in [-0.05, 0) is 67.1 Å². The zero-order chi connectivity index (χ0) is 25.4. The SMILES string of the molecule is Cc1cccn2c(=O)c(C=Nc3ccc(S(N)(=O)=O)cc3)c(Nc3ccc(S(N)(=O)=O)cc3)nc12. The highest BCUT2D eigenvalue weighted by atomic mass is 32.2. The van der Waals surface area contributed by atoms with Crippen molar-refractivity contribution in [2.45, 2.75) is 16.7 Å². The van der Waals surface area contributed by atoms with Crippen LogP contribution >= 0.6 is 0 Å². The fourth-order valence-electron chi connectivity index (χ4n) is 3.25. The van der Waals surface area contributed by atoms with Crippen LogP contribution < -0.4 is 21.2 Å². The van der Waals surface area contributed by atoms with E-state index in [1.807, 2.05) is 13.0 Å². The van der Waals surface area contributed by atoms with Crippen LogP contribution in [0.5, 0.6) is 0 Å². The van der Waals surface area contributed by atoms with E-state index in [-0.39, 0.29) is 21.2 Å². The zero-order valence-electron chi connectivity index (χ0n) is 18.3. The molecule has 0 bridgehead atoms. The molecule has 11 nitrogen and oxygen atoms in total. The predicted octanol–water partition coefficient (Wildman–Crippen LogP) is 1.79. The van der Waals surface area contributed by atoms with E-state index in [2.05, 4.69) is 15.3 Å². The number of sulfonamides is 2. The van der Waals surface area contributed by atoms with Crippen molar-refractivity contribution >= 4 is 49.1 Å². The molecule has 4 rings (SSSR count). The average Bonchev–Trinajstić information content (AvgIpc) is 2.79. The summed E-state index contributed by atoms with van der Waals surface area (Å²) in [6.07, 6.45) is 2.90. The maximum Gasteiger partial charge on any atom is 0.268 e. The van der Waals surface area contributed by atoms with Crippen LogP contribution in [-0.4, -0.2) is 32.4 Å². The third kappa shape index (κ3) is 5.27. The van der Waals surface area contributed by atoms with E-state index < -0.39 is 25.6 Å². The molecule has 0 saturated heterocycles. The van der Waals surface area contributed by atoms with Gasteiger partial charge in [-0.1, -0.05) is 6.07 Å². The van der Waals surface area contributed by atoms with Gasteiger partial charge >= 0.3 is 0 Å². The Bertz CT molecular complexity index is 1730. The lowest BCUT2D eigenvalue weighted by atomic mass is 10.2. The van der Waals surface area contributed by atoms with Crippen molar-refractivity contribution < 1.29 is 16.8 Å². The number of hydrogen-bond donors (Lipinski definition) is 3. The molecule has 2 aromatic carbocycles. The first-order chi connectivity index (χ1) is 16.4. The number of anilines is 2. The molecule has 0 aliphatic carbocycles. The van der Waals surface area contributed by atoms with Gasteiger partial charge in [-0.2, -0.15) is 0 Å². The van der Waals surface area contributed by atoms with Gasteiger partial charge in [0.15, 0.2) is 0 Å². The minimum atomic E-state index is -3.86. The van der Waals surface area contributed by atoms with Crippen LogP contribution in [0.25, 0.3) is 5.65 Å². The number of pyridine rings is 1. The molecular weight excluding hydrogens is 492 g/mol. The number of rotatable bonds is 6. The van der Waals surface area contributed by atoms with E-state index in [0.29, 0.717) is 17.0 Å². The monoisotopic (exact) mass is 512 g/mol. The molecule has 0 saturated carbocycles. The molecule has 5 N–H and O–H groups in total. The Morgan fingerprint density at radius 2 is 1.49 bits per heavy atom. The van der Waals surface area contributed by atoms with Gasteiger partial charge < -0.3 is 5.32 Å². The lowest BCUT2D eigenvalue weighted by molar-refractivity contribution is 0.596. The van der Waals surface area contributed by atoms with Gasteiger partial charge in [0, 0.05) is 18.1 Å².